The van der Waals surface area contributed by atoms with Gasteiger partial charge in [-0.2, -0.15) is 0 Å². The van der Waals surface area contributed by atoms with Crippen molar-refractivity contribution in [2.24, 2.45) is 5.92 Å². The number of carbonyl (C=O) groups excluding carboxylic acids is 2. The highest BCUT2D eigenvalue weighted by molar-refractivity contribution is 7.92. The summed E-state index contributed by atoms with van der Waals surface area (Å²) in [5, 5.41) is 3.36. The molecule has 10 heteroatoms. The molecule has 7 nitrogen and oxygen atoms in total. The molecule has 4 aromatic carbocycles. The third-order valence-electron chi connectivity index (χ3n) is 7.62. The average Bonchev–Trinajstić information content (AvgIpc) is 3.03. The SMILES string of the molecule is Cc1ccc(S(=O)(=O)N(CC(=O)N(Cc2ccccc2C)C(Cc2ccccc2)C(=O)NCC(C)C)c2cc(Cl)ccc2Cl)cc1. The summed E-state index contributed by atoms with van der Waals surface area (Å²) in [5.74, 6) is -0.717. The van der Waals surface area contributed by atoms with Gasteiger partial charge in [0.05, 0.1) is 15.6 Å². The van der Waals surface area contributed by atoms with Gasteiger partial charge in [0.1, 0.15) is 12.6 Å². The Labute approximate surface area is 282 Å². The van der Waals surface area contributed by atoms with Crippen molar-refractivity contribution in [3.8, 4) is 0 Å². The fourth-order valence-corrected chi connectivity index (χ4v) is 6.84. The fourth-order valence-electron chi connectivity index (χ4n) is 4.98. The van der Waals surface area contributed by atoms with E-state index < -0.39 is 28.5 Å². The van der Waals surface area contributed by atoms with Crippen molar-refractivity contribution in [3.05, 3.63) is 129 Å². The number of anilines is 1. The van der Waals surface area contributed by atoms with Crippen molar-refractivity contribution in [1.29, 1.82) is 0 Å². The lowest BCUT2D eigenvalue weighted by Gasteiger charge is -2.34. The first-order valence-corrected chi connectivity index (χ1v) is 17.3. The van der Waals surface area contributed by atoms with E-state index in [9.17, 15) is 18.0 Å². The second-order valence-electron chi connectivity index (χ2n) is 11.7. The van der Waals surface area contributed by atoms with Crippen molar-refractivity contribution in [3.63, 3.8) is 0 Å². The van der Waals surface area contributed by atoms with Gasteiger partial charge >= 0.3 is 0 Å². The standard InChI is InChI=1S/C36H39Cl2N3O4S/c1-25(2)22-39-36(43)34(20-28-11-6-5-7-12-28)40(23-29-13-9-8-10-27(29)4)35(42)24-41(33-21-30(37)16-19-32(33)38)46(44,45)31-17-14-26(3)15-18-31/h5-19,21,25,34H,20,22-24H2,1-4H3,(H,39,43). The van der Waals surface area contributed by atoms with E-state index in [2.05, 4.69) is 5.32 Å². The Hall–Kier alpha value is -3.85. The molecule has 0 heterocycles. The predicted molar refractivity (Wildman–Crippen MR) is 186 cm³/mol. The van der Waals surface area contributed by atoms with E-state index in [-0.39, 0.29) is 45.4 Å². The third-order valence-corrected chi connectivity index (χ3v) is 9.95. The smallest absolute Gasteiger partial charge is 0.264 e. The van der Waals surface area contributed by atoms with Crippen LogP contribution in [0.5, 0.6) is 0 Å². The summed E-state index contributed by atoms with van der Waals surface area (Å²) in [6, 6.07) is 26.9. The number of nitrogens with zero attached hydrogens (tertiary/aromatic N) is 2. The van der Waals surface area contributed by atoms with Crippen LogP contribution in [0.3, 0.4) is 0 Å². The maximum absolute atomic E-state index is 14.6. The molecular weight excluding hydrogens is 641 g/mol. The van der Waals surface area contributed by atoms with Crippen LogP contribution in [0.15, 0.2) is 102 Å². The molecule has 4 rings (SSSR count). The van der Waals surface area contributed by atoms with Crippen molar-refractivity contribution in [2.75, 3.05) is 17.4 Å². The fraction of sp³-hybridized carbons (Fsp3) is 0.278. The van der Waals surface area contributed by atoms with Crippen molar-refractivity contribution in [2.45, 2.75) is 51.6 Å². The van der Waals surface area contributed by atoms with E-state index >= 15 is 0 Å². The zero-order valence-corrected chi connectivity index (χ0v) is 28.7. The van der Waals surface area contributed by atoms with Gasteiger partial charge in [-0.25, -0.2) is 8.42 Å². The van der Waals surface area contributed by atoms with Crippen LogP contribution < -0.4 is 9.62 Å². The van der Waals surface area contributed by atoms with E-state index in [1.54, 1.807) is 18.2 Å². The monoisotopic (exact) mass is 679 g/mol. The van der Waals surface area contributed by atoms with E-state index in [1.807, 2.05) is 82.3 Å². The Balaban J connectivity index is 1.84. The Morgan fingerprint density at radius 2 is 1.50 bits per heavy atom. The van der Waals surface area contributed by atoms with E-state index in [0.29, 0.717) is 6.54 Å². The molecule has 0 aliphatic rings. The van der Waals surface area contributed by atoms with Gasteiger partial charge < -0.3 is 10.2 Å². The number of nitrogens with one attached hydrogen (secondary N) is 1. The molecule has 0 spiro atoms. The van der Waals surface area contributed by atoms with Crippen LogP contribution in [0.1, 0.15) is 36.1 Å². The van der Waals surface area contributed by atoms with Gasteiger partial charge in [-0.15, -0.1) is 0 Å². The molecule has 0 saturated heterocycles. The van der Waals surface area contributed by atoms with Gasteiger partial charge in [-0.05, 0) is 66.8 Å². The molecule has 1 atom stereocenters. The number of rotatable bonds is 13. The first-order chi connectivity index (χ1) is 21.9. The van der Waals surface area contributed by atoms with E-state index in [0.717, 1.165) is 26.6 Å². The van der Waals surface area contributed by atoms with Gasteiger partial charge in [-0.3, -0.25) is 13.9 Å². The zero-order chi connectivity index (χ0) is 33.4. The van der Waals surface area contributed by atoms with Crippen molar-refractivity contribution in [1.82, 2.24) is 10.2 Å². The molecule has 0 saturated carbocycles. The minimum absolute atomic E-state index is 0.0112. The number of amides is 2. The molecule has 1 N–H and O–H groups in total. The summed E-state index contributed by atoms with van der Waals surface area (Å²) in [6.45, 7) is 7.65. The minimum atomic E-state index is -4.30. The number of hydrogen-bond donors (Lipinski definition) is 1. The summed E-state index contributed by atoms with van der Waals surface area (Å²) in [4.78, 5) is 30.0. The summed E-state index contributed by atoms with van der Waals surface area (Å²) in [7, 11) is -4.30. The Morgan fingerprint density at radius 3 is 2.15 bits per heavy atom. The van der Waals surface area contributed by atoms with Crippen molar-refractivity contribution >= 4 is 50.7 Å². The van der Waals surface area contributed by atoms with Crippen LogP contribution in [0.2, 0.25) is 10.0 Å². The lowest BCUT2D eigenvalue weighted by atomic mass is 10.0. The molecule has 0 radical (unpaired) electrons. The van der Waals surface area contributed by atoms with Gasteiger partial charge in [0, 0.05) is 24.5 Å². The molecule has 0 bridgehead atoms. The highest BCUT2D eigenvalue weighted by atomic mass is 35.5. The maximum Gasteiger partial charge on any atom is 0.264 e. The molecular formula is C36H39Cl2N3O4S. The Kier molecular flexibility index (Phi) is 11.9. The lowest BCUT2D eigenvalue weighted by molar-refractivity contribution is -0.140. The first kappa shape index (κ1) is 35.0. The van der Waals surface area contributed by atoms with Gasteiger partial charge in [-0.1, -0.05) is 109 Å². The van der Waals surface area contributed by atoms with E-state index in [4.69, 9.17) is 23.2 Å². The largest absolute Gasteiger partial charge is 0.354 e. The summed E-state index contributed by atoms with van der Waals surface area (Å²) < 4.78 is 29.4. The topological polar surface area (TPSA) is 86.8 Å². The average molecular weight is 681 g/mol. The van der Waals surface area contributed by atoms with Crippen molar-refractivity contribution < 1.29 is 18.0 Å². The minimum Gasteiger partial charge on any atom is -0.354 e. The van der Waals surface area contributed by atoms with Crippen LogP contribution in [0.25, 0.3) is 0 Å². The highest BCUT2D eigenvalue weighted by Gasteiger charge is 2.35. The first-order valence-electron chi connectivity index (χ1n) is 15.1. The van der Waals surface area contributed by atoms with Crippen LogP contribution in [-0.4, -0.2) is 44.3 Å². The van der Waals surface area contributed by atoms with E-state index in [1.165, 1.54) is 29.2 Å². The maximum atomic E-state index is 14.6. The molecule has 0 aliphatic carbocycles. The number of sulfonamides is 1. The van der Waals surface area contributed by atoms with Gasteiger partial charge in [0.25, 0.3) is 10.0 Å². The lowest BCUT2D eigenvalue weighted by Crippen LogP contribution is -2.53. The number of hydrogen-bond acceptors (Lipinski definition) is 4. The van der Waals surface area contributed by atoms with Crippen LogP contribution in [0.4, 0.5) is 5.69 Å². The molecule has 0 fully saturated rings. The Bertz CT molecular complexity index is 1760. The Morgan fingerprint density at radius 1 is 0.848 bits per heavy atom. The molecule has 2 amide bonds. The number of halogens is 2. The highest BCUT2D eigenvalue weighted by Crippen LogP contribution is 2.33. The second kappa shape index (κ2) is 15.6. The molecule has 1 unspecified atom stereocenters. The van der Waals surface area contributed by atoms with Gasteiger partial charge in [0.2, 0.25) is 11.8 Å². The third kappa shape index (κ3) is 8.90. The number of carbonyl (C=O) groups is 2. The zero-order valence-electron chi connectivity index (χ0n) is 26.4. The second-order valence-corrected chi connectivity index (χ2v) is 14.4. The van der Waals surface area contributed by atoms with Gasteiger partial charge in [0.15, 0.2) is 0 Å². The number of benzene rings is 4. The molecule has 242 valence electrons. The van der Waals surface area contributed by atoms with Crippen LogP contribution in [0, 0.1) is 19.8 Å². The molecule has 0 aromatic heterocycles. The molecule has 46 heavy (non-hydrogen) atoms. The molecule has 4 aromatic rings. The summed E-state index contributed by atoms with van der Waals surface area (Å²) in [5.41, 5.74) is 3.56. The number of aryl methyl sites for hydroxylation is 2. The summed E-state index contributed by atoms with van der Waals surface area (Å²) >= 11 is 12.9. The quantitative estimate of drug-likeness (QED) is 0.162. The molecule has 0 aliphatic heterocycles. The van der Waals surface area contributed by atoms with Crippen LogP contribution in [-0.2, 0) is 32.6 Å². The summed E-state index contributed by atoms with van der Waals surface area (Å²) in [6.07, 6.45) is 0.227. The normalized spacial score (nSPS) is 12.1. The van der Waals surface area contributed by atoms with Crippen LogP contribution >= 0.6 is 23.2 Å². The predicted octanol–water partition coefficient (Wildman–Crippen LogP) is 7.22.